The molecular formula is C15H16FNO5S2. The van der Waals surface area contributed by atoms with Crippen molar-refractivity contribution in [1.29, 1.82) is 0 Å². The zero-order chi connectivity index (χ0) is 18.3. The zero-order valence-electron chi connectivity index (χ0n) is 12.9. The topological polar surface area (TPSA) is 115 Å². The van der Waals surface area contributed by atoms with E-state index >= 15 is 0 Å². The van der Waals surface area contributed by atoms with E-state index in [1.165, 1.54) is 18.2 Å². The van der Waals surface area contributed by atoms with Gasteiger partial charge in [0.2, 0.25) is 10.0 Å². The van der Waals surface area contributed by atoms with Crippen LogP contribution in [0.4, 0.5) is 4.39 Å². The third-order valence-electron chi connectivity index (χ3n) is 3.47. The van der Waals surface area contributed by atoms with Gasteiger partial charge >= 0.3 is 0 Å². The van der Waals surface area contributed by atoms with Gasteiger partial charge in [0, 0.05) is 5.56 Å². The lowest BCUT2D eigenvalue weighted by Crippen LogP contribution is -2.16. The molecule has 0 heterocycles. The molecule has 24 heavy (non-hydrogen) atoms. The van der Waals surface area contributed by atoms with E-state index in [2.05, 4.69) is 0 Å². The maximum atomic E-state index is 14.3. The van der Waals surface area contributed by atoms with Gasteiger partial charge in [-0.05, 0) is 35.2 Å². The SMILES string of the molecule is CC(C)c1c(F)cccc1-c1c(S(N)(=O)=O)cccc1S(=O)(=O)O. The van der Waals surface area contributed by atoms with E-state index in [1.54, 1.807) is 13.8 Å². The van der Waals surface area contributed by atoms with Crippen LogP contribution in [0.3, 0.4) is 0 Å². The first-order valence-corrected chi connectivity index (χ1v) is 9.85. The Morgan fingerprint density at radius 2 is 1.54 bits per heavy atom. The standard InChI is InChI=1S/C15H16FNO5S2/c1-9(2)14-10(5-3-6-11(14)16)15-12(23(17,18)19)7-4-8-13(15)24(20,21)22/h3-9H,1-2H3,(H2,17,18,19)(H,20,21,22). The van der Waals surface area contributed by atoms with Crippen LogP contribution in [0.1, 0.15) is 25.3 Å². The molecule has 2 rings (SSSR count). The molecule has 130 valence electrons. The fourth-order valence-electron chi connectivity index (χ4n) is 2.57. The highest BCUT2D eigenvalue weighted by molar-refractivity contribution is 7.89. The molecule has 0 spiro atoms. The van der Waals surface area contributed by atoms with Crippen molar-refractivity contribution < 1.29 is 25.8 Å². The molecule has 0 fully saturated rings. The Balaban J connectivity index is 3.07. The van der Waals surface area contributed by atoms with Gasteiger partial charge in [-0.25, -0.2) is 17.9 Å². The van der Waals surface area contributed by atoms with Gasteiger partial charge in [0.05, 0.1) is 4.90 Å². The third-order valence-corrected chi connectivity index (χ3v) is 5.32. The van der Waals surface area contributed by atoms with Gasteiger partial charge in [0.1, 0.15) is 10.7 Å². The van der Waals surface area contributed by atoms with Crippen LogP contribution in [0.25, 0.3) is 11.1 Å². The summed E-state index contributed by atoms with van der Waals surface area (Å²) in [5.74, 6) is -0.989. The first kappa shape index (κ1) is 18.5. The van der Waals surface area contributed by atoms with Crippen molar-refractivity contribution >= 4 is 20.1 Å². The average molecular weight is 373 g/mol. The Bertz CT molecular complexity index is 948. The monoisotopic (exact) mass is 373 g/mol. The maximum absolute atomic E-state index is 14.3. The van der Waals surface area contributed by atoms with Crippen LogP contribution in [0.5, 0.6) is 0 Å². The summed E-state index contributed by atoms with van der Waals surface area (Å²) in [4.78, 5) is -1.16. The van der Waals surface area contributed by atoms with Crippen molar-refractivity contribution in [2.24, 2.45) is 5.14 Å². The summed E-state index contributed by atoms with van der Waals surface area (Å²) in [7, 11) is -9.08. The second-order valence-corrected chi connectivity index (χ2v) is 8.42. The van der Waals surface area contributed by atoms with Crippen LogP contribution in [0, 0.1) is 5.82 Å². The smallest absolute Gasteiger partial charge is 0.282 e. The molecule has 0 amide bonds. The molecule has 0 saturated heterocycles. The summed E-state index contributed by atoms with van der Waals surface area (Å²) in [6, 6.07) is 7.18. The fourth-order valence-corrected chi connectivity index (χ4v) is 4.14. The van der Waals surface area contributed by atoms with Crippen molar-refractivity contribution in [3.63, 3.8) is 0 Å². The predicted molar refractivity (Wildman–Crippen MR) is 87.1 cm³/mol. The number of hydrogen-bond acceptors (Lipinski definition) is 4. The van der Waals surface area contributed by atoms with Crippen LogP contribution >= 0.6 is 0 Å². The van der Waals surface area contributed by atoms with Crippen LogP contribution in [-0.2, 0) is 20.1 Å². The Morgan fingerprint density at radius 1 is 1.00 bits per heavy atom. The highest BCUT2D eigenvalue weighted by atomic mass is 32.2. The molecule has 2 aromatic rings. The number of sulfonamides is 1. The van der Waals surface area contributed by atoms with Crippen molar-refractivity contribution in [1.82, 2.24) is 0 Å². The van der Waals surface area contributed by atoms with E-state index in [1.807, 2.05) is 0 Å². The quantitative estimate of drug-likeness (QED) is 0.799. The van der Waals surface area contributed by atoms with E-state index in [-0.39, 0.29) is 22.6 Å². The molecular weight excluding hydrogens is 357 g/mol. The summed E-state index contributed by atoms with van der Waals surface area (Å²) in [5.41, 5.74) is -0.175. The molecule has 9 heteroatoms. The molecule has 6 nitrogen and oxygen atoms in total. The fraction of sp³-hybridized carbons (Fsp3) is 0.200. The molecule has 0 aromatic heterocycles. The molecule has 0 bridgehead atoms. The lowest BCUT2D eigenvalue weighted by atomic mass is 9.92. The van der Waals surface area contributed by atoms with Gasteiger partial charge in [-0.1, -0.05) is 32.0 Å². The molecule has 0 radical (unpaired) electrons. The van der Waals surface area contributed by atoms with E-state index in [4.69, 9.17) is 5.14 Å². The van der Waals surface area contributed by atoms with Crippen molar-refractivity contribution in [3.05, 3.63) is 47.8 Å². The van der Waals surface area contributed by atoms with Gasteiger partial charge in [-0.2, -0.15) is 8.42 Å². The summed E-state index contributed by atoms with van der Waals surface area (Å²) < 4.78 is 70.9. The summed E-state index contributed by atoms with van der Waals surface area (Å²) in [5, 5.41) is 5.17. The zero-order valence-corrected chi connectivity index (χ0v) is 14.5. The number of hydrogen-bond donors (Lipinski definition) is 2. The maximum Gasteiger partial charge on any atom is 0.295 e. The van der Waals surface area contributed by atoms with Crippen molar-refractivity contribution in [3.8, 4) is 11.1 Å². The predicted octanol–water partition coefficient (Wildman–Crippen LogP) is 2.51. The van der Waals surface area contributed by atoms with E-state index < -0.39 is 35.7 Å². The molecule has 0 aliphatic rings. The van der Waals surface area contributed by atoms with E-state index in [9.17, 15) is 25.8 Å². The number of benzene rings is 2. The molecule has 0 saturated carbocycles. The Kier molecular flexibility index (Phi) is 4.82. The summed E-state index contributed by atoms with van der Waals surface area (Å²) in [6.07, 6.45) is 0. The van der Waals surface area contributed by atoms with Gasteiger partial charge in [0.15, 0.2) is 0 Å². The third kappa shape index (κ3) is 3.48. The van der Waals surface area contributed by atoms with E-state index in [0.717, 1.165) is 18.2 Å². The molecule has 3 N–H and O–H groups in total. The first-order chi connectivity index (χ1) is 10.9. The second kappa shape index (κ2) is 6.25. The number of nitrogens with two attached hydrogens (primary N) is 1. The molecule has 0 aliphatic heterocycles. The molecule has 0 atom stereocenters. The minimum atomic E-state index is -4.76. The normalized spacial score (nSPS) is 12.6. The van der Waals surface area contributed by atoms with Crippen molar-refractivity contribution in [2.75, 3.05) is 0 Å². The first-order valence-electron chi connectivity index (χ1n) is 6.86. The van der Waals surface area contributed by atoms with Crippen LogP contribution in [0.15, 0.2) is 46.2 Å². The van der Waals surface area contributed by atoms with Crippen LogP contribution < -0.4 is 5.14 Å². The Labute approximate surface area is 139 Å². The second-order valence-electron chi connectivity index (χ2n) is 5.51. The number of primary sulfonamides is 1. The average Bonchev–Trinajstić information content (AvgIpc) is 2.43. The largest absolute Gasteiger partial charge is 0.295 e. The number of halogens is 1. The summed E-state index contributed by atoms with van der Waals surface area (Å²) >= 11 is 0. The van der Waals surface area contributed by atoms with Gasteiger partial charge < -0.3 is 0 Å². The van der Waals surface area contributed by atoms with E-state index in [0.29, 0.717) is 0 Å². The van der Waals surface area contributed by atoms with Gasteiger partial charge in [-0.3, -0.25) is 4.55 Å². The molecule has 0 aliphatic carbocycles. The summed E-state index contributed by atoms with van der Waals surface area (Å²) in [6.45, 7) is 3.35. The Hall–Kier alpha value is -1.81. The van der Waals surface area contributed by atoms with Gasteiger partial charge in [0.25, 0.3) is 10.1 Å². The lowest BCUT2D eigenvalue weighted by molar-refractivity contribution is 0.483. The minimum absolute atomic E-state index is 0.0438. The number of rotatable bonds is 4. The lowest BCUT2D eigenvalue weighted by Gasteiger charge is -2.18. The molecule has 0 unspecified atom stereocenters. The molecule has 2 aromatic carbocycles. The van der Waals surface area contributed by atoms with Crippen molar-refractivity contribution in [2.45, 2.75) is 29.6 Å². The minimum Gasteiger partial charge on any atom is -0.282 e. The Morgan fingerprint density at radius 3 is 2.04 bits per heavy atom. The van der Waals surface area contributed by atoms with Crippen LogP contribution in [0.2, 0.25) is 0 Å². The van der Waals surface area contributed by atoms with Crippen LogP contribution in [-0.4, -0.2) is 21.4 Å². The van der Waals surface area contributed by atoms with Gasteiger partial charge in [-0.15, -0.1) is 0 Å². The highest BCUT2D eigenvalue weighted by Crippen LogP contribution is 2.38. The highest BCUT2D eigenvalue weighted by Gasteiger charge is 2.27.